The molecule has 2 aromatic carbocycles. The van der Waals surface area contributed by atoms with Gasteiger partial charge in [0.15, 0.2) is 0 Å². The highest BCUT2D eigenvalue weighted by Crippen LogP contribution is 2.44. The number of carbonyl (C=O) groups excluding carboxylic acids is 2. The molecule has 0 saturated carbocycles. The van der Waals surface area contributed by atoms with Crippen molar-refractivity contribution in [2.75, 3.05) is 33.4 Å². The lowest BCUT2D eigenvalue weighted by Crippen LogP contribution is -2.63. The first-order valence-corrected chi connectivity index (χ1v) is 11.5. The molecule has 0 radical (unpaired) electrons. The molecule has 2 atom stereocenters. The number of nitrogens with one attached hydrogen (secondary N) is 1. The fourth-order valence-corrected chi connectivity index (χ4v) is 5.23. The van der Waals surface area contributed by atoms with Gasteiger partial charge in [0.25, 0.3) is 0 Å². The number of amides is 2. The Labute approximate surface area is 193 Å². The molecule has 1 aromatic heterocycles. The maximum atomic E-state index is 13.6. The second-order valence-electron chi connectivity index (χ2n) is 8.54. The van der Waals surface area contributed by atoms with Crippen LogP contribution in [0.5, 0.6) is 5.75 Å². The largest absolute Gasteiger partial charge is 0.496 e. The number of para-hydroxylation sites is 2. The topological polar surface area (TPSA) is 74.9 Å². The number of rotatable bonds is 7. The van der Waals surface area contributed by atoms with E-state index in [4.69, 9.17) is 9.47 Å². The Kier molecular flexibility index (Phi) is 5.81. The molecular formula is C26H29N3O4. The molecule has 5 rings (SSSR count). The Morgan fingerprint density at radius 1 is 1.09 bits per heavy atom. The lowest BCUT2D eigenvalue weighted by atomic mass is 9.86. The van der Waals surface area contributed by atoms with Crippen LogP contribution in [0.15, 0.2) is 48.5 Å². The van der Waals surface area contributed by atoms with Crippen LogP contribution in [0.25, 0.3) is 10.9 Å². The lowest BCUT2D eigenvalue weighted by Gasteiger charge is -2.47. The first kappa shape index (κ1) is 21.5. The first-order chi connectivity index (χ1) is 16.1. The van der Waals surface area contributed by atoms with Gasteiger partial charge in [0.2, 0.25) is 11.8 Å². The molecule has 172 valence electrons. The van der Waals surface area contributed by atoms with Crippen molar-refractivity contribution in [3.8, 4) is 5.75 Å². The van der Waals surface area contributed by atoms with Gasteiger partial charge in [-0.1, -0.05) is 36.4 Å². The molecule has 0 aliphatic carbocycles. The molecule has 0 spiro atoms. The van der Waals surface area contributed by atoms with E-state index >= 15 is 0 Å². The average molecular weight is 448 g/mol. The van der Waals surface area contributed by atoms with E-state index in [2.05, 4.69) is 11.1 Å². The van der Waals surface area contributed by atoms with Crippen molar-refractivity contribution in [1.82, 2.24) is 14.8 Å². The number of nitrogens with zero attached hydrogens (tertiary/aromatic N) is 2. The number of ether oxygens (including phenoxy) is 2. The summed E-state index contributed by atoms with van der Waals surface area (Å²) in [6.45, 7) is 3.79. The number of aromatic amines is 1. The molecular weight excluding hydrogens is 418 g/mol. The van der Waals surface area contributed by atoms with E-state index in [0.717, 1.165) is 27.7 Å². The van der Waals surface area contributed by atoms with Gasteiger partial charge in [-0.15, -0.1) is 0 Å². The number of carbonyl (C=O) groups is 2. The van der Waals surface area contributed by atoms with E-state index in [1.54, 1.807) is 16.9 Å². The molecule has 3 heterocycles. The fourth-order valence-electron chi connectivity index (χ4n) is 5.23. The van der Waals surface area contributed by atoms with Crippen LogP contribution >= 0.6 is 0 Å². The van der Waals surface area contributed by atoms with E-state index in [-0.39, 0.29) is 18.4 Å². The Balaban J connectivity index is 1.59. The SMILES string of the molecule is CCOCCCN1CC(=O)N2C(c3ccccc3OC)c3[nH]c4ccccc4c3C[C@H]2C1=O. The zero-order valence-electron chi connectivity index (χ0n) is 19.0. The van der Waals surface area contributed by atoms with Crippen LogP contribution in [0.2, 0.25) is 0 Å². The third-order valence-electron chi connectivity index (χ3n) is 6.70. The van der Waals surface area contributed by atoms with Crippen molar-refractivity contribution in [3.63, 3.8) is 0 Å². The van der Waals surface area contributed by atoms with Crippen molar-refractivity contribution in [1.29, 1.82) is 0 Å². The Morgan fingerprint density at radius 2 is 1.88 bits per heavy atom. The molecule has 7 heteroatoms. The number of benzene rings is 2. The van der Waals surface area contributed by atoms with E-state index < -0.39 is 12.1 Å². The number of hydrogen-bond donors (Lipinski definition) is 1. The zero-order chi connectivity index (χ0) is 22.9. The summed E-state index contributed by atoms with van der Waals surface area (Å²) in [7, 11) is 1.63. The van der Waals surface area contributed by atoms with Gasteiger partial charge in [-0.25, -0.2) is 0 Å². The standard InChI is InChI=1S/C26H29N3O4/c1-3-33-14-8-13-28-16-23(30)29-21(26(28)31)15-19-17-9-4-6-11-20(17)27-24(19)25(29)18-10-5-7-12-22(18)32-2/h4-7,9-12,21,25,27H,3,8,13-16H2,1-2H3/t21-,25?/m0/s1. The number of methoxy groups -OCH3 is 1. The van der Waals surface area contributed by atoms with E-state index in [9.17, 15) is 9.59 Å². The molecule has 1 fully saturated rings. The quantitative estimate of drug-likeness (QED) is 0.564. The van der Waals surface area contributed by atoms with Crippen molar-refractivity contribution in [2.24, 2.45) is 0 Å². The highest BCUT2D eigenvalue weighted by Gasteiger charge is 2.48. The van der Waals surface area contributed by atoms with Gasteiger partial charge < -0.3 is 24.3 Å². The Bertz CT molecular complexity index is 1190. The number of fused-ring (bicyclic) bond motifs is 4. The summed E-state index contributed by atoms with van der Waals surface area (Å²) in [5, 5.41) is 1.10. The normalized spacial score (nSPS) is 20.2. The maximum absolute atomic E-state index is 13.6. The van der Waals surface area contributed by atoms with Gasteiger partial charge in [-0.05, 0) is 31.0 Å². The molecule has 2 aliphatic rings. The Hall–Kier alpha value is -3.32. The summed E-state index contributed by atoms with van der Waals surface area (Å²) < 4.78 is 11.1. The smallest absolute Gasteiger partial charge is 0.246 e. The minimum absolute atomic E-state index is 0.00178. The lowest BCUT2D eigenvalue weighted by molar-refractivity contribution is -0.158. The monoisotopic (exact) mass is 447 g/mol. The van der Waals surface area contributed by atoms with Crippen LogP contribution in [0.1, 0.15) is 36.2 Å². The molecule has 1 unspecified atom stereocenters. The number of piperazine rings is 1. The third kappa shape index (κ3) is 3.66. The second kappa shape index (κ2) is 8.90. The van der Waals surface area contributed by atoms with Crippen LogP contribution in [0, 0.1) is 0 Å². The van der Waals surface area contributed by atoms with Crippen molar-refractivity contribution in [2.45, 2.75) is 31.8 Å². The van der Waals surface area contributed by atoms with Crippen LogP contribution in [0.4, 0.5) is 0 Å². The van der Waals surface area contributed by atoms with E-state index in [0.29, 0.717) is 38.3 Å². The molecule has 1 saturated heterocycles. The summed E-state index contributed by atoms with van der Waals surface area (Å²) in [6.07, 6.45) is 1.21. The molecule has 7 nitrogen and oxygen atoms in total. The first-order valence-electron chi connectivity index (χ1n) is 11.5. The summed E-state index contributed by atoms with van der Waals surface area (Å²) in [4.78, 5) is 34.2. The molecule has 3 aromatic rings. The predicted octanol–water partition coefficient (Wildman–Crippen LogP) is 3.29. The molecule has 2 aliphatic heterocycles. The van der Waals surface area contributed by atoms with Crippen molar-refractivity contribution < 1.29 is 19.1 Å². The molecule has 1 N–H and O–H groups in total. The van der Waals surface area contributed by atoms with Crippen LogP contribution < -0.4 is 4.74 Å². The zero-order valence-corrected chi connectivity index (χ0v) is 19.0. The van der Waals surface area contributed by atoms with Crippen molar-refractivity contribution >= 4 is 22.7 Å². The average Bonchev–Trinajstić information content (AvgIpc) is 3.22. The van der Waals surface area contributed by atoms with Crippen LogP contribution in [0.3, 0.4) is 0 Å². The summed E-state index contributed by atoms with van der Waals surface area (Å²) >= 11 is 0. The summed E-state index contributed by atoms with van der Waals surface area (Å²) in [5.74, 6) is 0.658. The number of hydrogen-bond acceptors (Lipinski definition) is 4. The van der Waals surface area contributed by atoms with E-state index in [1.165, 1.54) is 0 Å². The van der Waals surface area contributed by atoms with E-state index in [1.807, 2.05) is 49.4 Å². The minimum Gasteiger partial charge on any atom is -0.496 e. The Morgan fingerprint density at radius 3 is 2.70 bits per heavy atom. The van der Waals surface area contributed by atoms with Gasteiger partial charge in [0.1, 0.15) is 17.8 Å². The van der Waals surface area contributed by atoms with Crippen molar-refractivity contribution in [3.05, 3.63) is 65.4 Å². The van der Waals surface area contributed by atoms with Gasteiger partial charge in [0, 0.05) is 48.3 Å². The van der Waals surface area contributed by atoms with Gasteiger partial charge in [-0.3, -0.25) is 9.59 Å². The second-order valence-corrected chi connectivity index (χ2v) is 8.54. The summed E-state index contributed by atoms with van der Waals surface area (Å²) in [5.41, 5.74) is 3.95. The maximum Gasteiger partial charge on any atom is 0.246 e. The van der Waals surface area contributed by atoms with Crippen LogP contribution in [-0.4, -0.2) is 66.1 Å². The van der Waals surface area contributed by atoms with Gasteiger partial charge in [0.05, 0.1) is 13.7 Å². The minimum atomic E-state index is -0.542. The van der Waals surface area contributed by atoms with Gasteiger partial charge in [-0.2, -0.15) is 0 Å². The number of H-pyrrole nitrogens is 1. The molecule has 2 amide bonds. The molecule has 33 heavy (non-hydrogen) atoms. The predicted molar refractivity (Wildman–Crippen MR) is 125 cm³/mol. The highest BCUT2D eigenvalue weighted by molar-refractivity contribution is 5.97. The summed E-state index contributed by atoms with van der Waals surface area (Å²) in [6, 6.07) is 14.9. The van der Waals surface area contributed by atoms with Gasteiger partial charge >= 0.3 is 0 Å². The number of aromatic nitrogens is 1. The fraction of sp³-hybridized carbons (Fsp3) is 0.385. The highest BCUT2D eigenvalue weighted by atomic mass is 16.5. The molecule has 0 bridgehead atoms. The third-order valence-corrected chi connectivity index (χ3v) is 6.70. The van der Waals surface area contributed by atoms with Crippen LogP contribution in [-0.2, 0) is 20.7 Å².